The van der Waals surface area contributed by atoms with Crippen molar-refractivity contribution in [3.05, 3.63) is 76.9 Å². The Morgan fingerprint density at radius 2 is 1.56 bits per heavy atom. The highest BCUT2D eigenvalue weighted by atomic mass is 32.2. The molecule has 0 atom stereocenters. The van der Waals surface area contributed by atoms with Crippen LogP contribution in [0.5, 0.6) is 0 Å². The minimum Gasteiger partial charge on any atom is -0.457 e. The zero-order valence-corrected chi connectivity index (χ0v) is 16.6. The van der Waals surface area contributed by atoms with Crippen LogP contribution in [0.2, 0.25) is 0 Å². The summed E-state index contributed by atoms with van der Waals surface area (Å²) in [6.07, 6.45) is 0. The third-order valence-corrected chi connectivity index (χ3v) is 5.55. The zero-order chi connectivity index (χ0) is 19.4. The number of rotatable bonds is 6. The average molecular weight is 378 g/mol. The van der Waals surface area contributed by atoms with Crippen molar-refractivity contribution in [3.8, 4) is 0 Å². The van der Waals surface area contributed by atoms with Crippen molar-refractivity contribution >= 4 is 34.3 Å². The van der Waals surface area contributed by atoms with E-state index >= 15 is 0 Å². The van der Waals surface area contributed by atoms with Gasteiger partial charge in [0, 0.05) is 10.5 Å². The lowest BCUT2D eigenvalue weighted by Gasteiger charge is -2.09. The van der Waals surface area contributed by atoms with Gasteiger partial charge in [0.2, 0.25) is 5.78 Å². The van der Waals surface area contributed by atoms with Crippen LogP contribution >= 0.6 is 11.8 Å². The summed E-state index contributed by atoms with van der Waals surface area (Å²) in [6.45, 7) is 5.66. The van der Waals surface area contributed by atoms with E-state index in [1.54, 1.807) is 0 Å². The van der Waals surface area contributed by atoms with Crippen LogP contribution in [0.4, 0.5) is 0 Å². The topological polar surface area (TPSA) is 43.4 Å². The highest BCUT2D eigenvalue weighted by Crippen LogP contribution is 2.23. The molecular weight excluding hydrogens is 356 g/mol. The molecule has 3 nitrogen and oxygen atoms in total. The third kappa shape index (κ3) is 4.77. The van der Waals surface area contributed by atoms with Crippen LogP contribution in [0.15, 0.2) is 59.5 Å². The number of fused-ring (bicyclic) bond motifs is 1. The monoisotopic (exact) mass is 378 g/mol. The molecule has 0 bridgehead atoms. The Bertz CT molecular complexity index is 1010. The lowest BCUT2D eigenvalue weighted by molar-refractivity contribution is -0.139. The fraction of sp³-hybridized carbons (Fsp3) is 0.217. The van der Waals surface area contributed by atoms with Crippen molar-refractivity contribution in [1.82, 2.24) is 0 Å². The molecule has 0 fully saturated rings. The van der Waals surface area contributed by atoms with Gasteiger partial charge in [-0.25, -0.2) is 0 Å². The van der Waals surface area contributed by atoms with Gasteiger partial charge in [-0.05, 0) is 66.4 Å². The molecule has 0 aromatic heterocycles. The Labute approximate surface area is 163 Å². The maximum Gasteiger partial charge on any atom is 0.316 e. The minimum absolute atomic E-state index is 0.167. The van der Waals surface area contributed by atoms with E-state index in [4.69, 9.17) is 4.74 Å². The number of ether oxygens (including phenoxy) is 1. The van der Waals surface area contributed by atoms with Crippen LogP contribution in [-0.4, -0.2) is 24.1 Å². The summed E-state index contributed by atoms with van der Waals surface area (Å²) >= 11 is 1.41. The van der Waals surface area contributed by atoms with Crippen molar-refractivity contribution in [3.63, 3.8) is 0 Å². The second-order valence-corrected chi connectivity index (χ2v) is 7.68. The highest BCUT2D eigenvalue weighted by Gasteiger charge is 2.14. The number of Topliss-reactive ketones (excluding diaryl/α,β-unsaturated/α-hetero) is 1. The molecule has 0 aliphatic heterocycles. The number of esters is 1. The van der Waals surface area contributed by atoms with Gasteiger partial charge in [0.15, 0.2) is 6.61 Å². The molecule has 0 N–H and O–H groups in total. The first-order valence-electron chi connectivity index (χ1n) is 8.82. The van der Waals surface area contributed by atoms with Crippen molar-refractivity contribution in [2.75, 3.05) is 12.4 Å². The van der Waals surface area contributed by atoms with Gasteiger partial charge in [-0.2, -0.15) is 0 Å². The first-order chi connectivity index (χ1) is 12.9. The normalized spacial score (nSPS) is 10.8. The molecule has 3 aromatic carbocycles. The van der Waals surface area contributed by atoms with E-state index in [0.717, 1.165) is 27.0 Å². The number of thioether (sulfide) groups is 1. The van der Waals surface area contributed by atoms with E-state index in [-0.39, 0.29) is 24.1 Å². The van der Waals surface area contributed by atoms with Crippen LogP contribution in [-0.2, 0) is 9.53 Å². The molecule has 4 heteroatoms. The number of carbonyl (C=O) groups is 2. The van der Waals surface area contributed by atoms with Crippen LogP contribution in [0.25, 0.3) is 10.8 Å². The summed E-state index contributed by atoms with van der Waals surface area (Å²) in [4.78, 5) is 25.4. The zero-order valence-electron chi connectivity index (χ0n) is 15.7. The molecule has 0 spiro atoms. The van der Waals surface area contributed by atoms with E-state index in [2.05, 4.69) is 12.1 Å². The van der Waals surface area contributed by atoms with Gasteiger partial charge in [-0.3, -0.25) is 9.59 Å². The number of hydrogen-bond acceptors (Lipinski definition) is 4. The lowest BCUT2D eigenvalue weighted by atomic mass is 9.98. The largest absolute Gasteiger partial charge is 0.457 e. The summed E-state index contributed by atoms with van der Waals surface area (Å²) in [5.74, 6) is -0.375. The molecule has 0 saturated carbocycles. The summed E-state index contributed by atoms with van der Waals surface area (Å²) < 4.78 is 5.18. The molecule has 0 saturated heterocycles. The van der Waals surface area contributed by atoms with E-state index in [1.165, 1.54) is 17.1 Å². The van der Waals surface area contributed by atoms with E-state index in [1.807, 2.05) is 63.2 Å². The SMILES string of the molecule is Cc1cc(C)c(C(=O)COC(=O)CSc2ccc3ccccc3c2)cc1C. The Hall–Kier alpha value is -2.59. The number of ketones is 1. The summed E-state index contributed by atoms with van der Waals surface area (Å²) in [5.41, 5.74) is 3.73. The molecule has 27 heavy (non-hydrogen) atoms. The number of hydrogen-bond donors (Lipinski definition) is 0. The number of carbonyl (C=O) groups excluding carboxylic acids is 2. The lowest BCUT2D eigenvalue weighted by Crippen LogP contribution is -2.16. The van der Waals surface area contributed by atoms with Gasteiger partial charge >= 0.3 is 5.97 Å². The molecular formula is C23H22O3S. The Morgan fingerprint density at radius 3 is 2.33 bits per heavy atom. The predicted octanol–water partition coefficient (Wildman–Crippen LogP) is 5.28. The van der Waals surface area contributed by atoms with Gasteiger partial charge in [0.05, 0.1) is 5.75 Å². The summed E-state index contributed by atoms with van der Waals surface area (Å²) in [6, 6.07) is 18.0. The molecule has 0 heterocycles. The van der Waals surface area contributed by atoms with Crippen molar-refractivity contribution in [1.29, 1.82) is 0 Å². The molecule has 0 unspecified atom stereocenters. The van der Waals surface area contributed by atoms with Gasteiger partial charge in [0.25, 0.3) is 0 Å². The molecule has 0 aliphatic carbocycles. The summed E-state index contributed by atoms with van der Waals surface area (Å²) in [5, 5.41) is 2.30. The van der Waals surface area contributed by atoms with Gasteiger partial charge in [0.1, 0.15) is 0 Å². The van der Waals surface area contributed by atoms with Gasteiger partial charge in [-0.1, -0.05) is 36.4 Å². The minimum atomic E-state index is -0.386. The molecule has 3 rings (SSSR count). The maximum absolute atomic E-state index is 12.4. The fourth-order valence-corrected chi connectivity index (χ4v) is 3.67. The second kappa shape index (κ2) is 8.40. The van der Waals surface area contributed by atoms with E-state index < -0.39 is 0 Å². The Kier molecular flexibility index (Phi) is 5.97. The predicted molar refractivity (Wildman–Crippen MR) is 111 cm³/mol. The van der Waals surface area contributed by atoms with Crippen LogP contribution in [0, 0.1) is 20.8 Å². The highest BCUT2D eigenvalue weighted by molar-refractivity contribution is 8.00. The Morgan fingerprint density at radius 1 is 0.852 bits per heavy atom. The third-order valence-electron chi connectivity index (χ3n) is 4.58. The maximum atomic E-state index is 12.4. The van der Waals surface area contributed by atoms with Crippen LogP contribution in [0.1, 0.15) is 27.0 Å². The van der Waals surface area contributed by atoms with Gasteiger partial charge < -0.3 is 4.74 Å². The van der Waals surface area contributed by atoms with E-state index in [0.29, 0.717) is 5.56 Å². The molecule has 3 aromatic rings. The number of aryl methyl sites for hydroxylation is 3. The fourth-order valence-electron chi connectivity index (χ4n) is 2.93. The standard InChI is InChI=1S/C23H22O3S/c1-15-10-17(3)21(11-16(15)2)22(24)13-26-23(25)14-27-20-9-8-18-6-4-5-7-19(18)12-20/h4-12H,13-14H2,1-3H3. The Balaban J connectivity index is 1.54. The smallest absolute Gasteiger partial charge is 0.316 e. The quantitative estimate of drug-likeness (QED) is 0.332. The van der Waals surface area contributed by atoms with Crippen LogP contribution < -0.4 is 0 Å². The first-order valence-corrected chi connectivity index (χ1v) is 9.81. The number of benzene rings is 3. The molecule has 0 amide bonds. The molecule has 0 radical (unpaired) electrons. The average Bonchev–Trinajstić information content (AvgIpc) is 2.67. The molecule has 0 aliphatic rings. The second-order valence-electron chi connectivity index (χ2n) is 6.63. The van der Waals surface area contributed by atoms with Crippen molar-refractivity contribution in [2.45, 2.75) is 25.7 Å². The molecule has 138 valence electrons. The summed E-state index contributed by atoms with van der Waals surface area (Å²) in [7, 11) is 0. The van der Waals surface area contributed by atoms with Gasteiger partial charge in [-0.15, -0.1) is 11.8 Å². The van der Waals surface area contributed by atoms with E-state index in [9.17, 15) is 9.59 Å². The van der Waals surface area contributed by atoms with Crippen molar-refractivity contribution < 1.29 is 14.3 Å². The van der Waals surface area contributed by atoms with Crippen molar-refractivity contribution in [2.24, 2.45) is 0 Å². The van der Waals surface area contributed by atoms with Crippen LogP contribution in [0.3, 0.4) is 0 Å². The first kappa shape index (κ1) is 19.2.